The van der Waals surface area contributed by atoms with Crippen LogP contribution in [0.25, 0.3) is 0 Å². The average Bonchev–Trinajstić information content (AvgIpc) is 2.64. The Morgan fingerprint density at radius 3 is 2.62 bits per heavy atom. The molecule has 3 rings (SSSR count). The number of halogens is 2. The number of hydrogen-bond acceptors (Lipinski definition) is 4. The van der Waals surface area contributed by atoms with Gasteiger partial charge in [0.2, 0.25) is 5.91 Å². The van der Waals surface area contributed by atoms with Gasteiger partial charge in [-0.3, -0.25) is 4.79 Å². The third-order valence-electron chi connectivity index (χ3n) is 3.99. The first-order chi connectivity index (χ1) is 12.6. The van der Waals surface area contributed by atoms with Gasteiger partial charge < -0.3 is 15.0 Å². The lowest BCUT2D eigenvalue weighted by Crippen LogP contribution is -2.32. The molecule has 138 valence electrons. The van der Waals surface area contributed by atoms with E-state index in [0.717, 1.165) is 30.3 Å². The molecule has 1 fully saturated rings. The van der Waals surface area contributed by atoms with Crippen molar-refractivity contribution in [2.75, 3.05) is 41.4 Å². The summed E-state index contributed by atoms with van der Waals surface area (Å²) in [4.78, 5) is 14.3. The van der Waals surface area contributed by atoms with E-state index < -0.39 is 0 Å². The summed E-state index contributed by atoms with van der Waals surface area (Å²) in [7, 11) is 0. The predicted molar refractivity (Wildman–Crippen MR) is 106 cm³/mol. The third-order valence-corrected chi connectivity index (χ3v) is 5.24. The van der Waals surface area contributed by atoms with Gasteiger partial charge in [0.05, 0.1) is 23.7 Å². The Morgan fingerprint density at radius 1 is 1.19 bits per heavy atom. The van der Waals surface area contributed by atoms with E-state index in [9.17, 15) is 9.18 Å². The molecule has 26 heavy (non-hydrogen) atoms. The van der Waals surface area contributed by atoms with E-state index in [1.54, 1.807) is 6.07 Å². The second-order valence-electron chi connectivity index (χ2n) is 5.87. The van der Waals surface area contributed by atoms with E-state index in [-0.39, 0.29) is 24.8 Å². The molecule has 1 saturated heterocycles. The van der Waals surface area contributed by atoms with Crippen LogP contribution in [-0.4, -0.2) is 37.1 Å². The van der Waals surface area contributed by atoms with Crippen LogP contribution < -0.4 is 15.0 Å². The van der Waals surface area contributed by atoms with Crippen LogP contribution in [0.4, 0.5) is 15.8 Å². The molecule has 0 spiro atoms. The molecule has 0 saturated carbocycles. The lowest BCUT2D eigenvalue weighted by molar-refractivity contribution is -0.116. The van der Waals surface area contributed by atoms with Crippen LogP contribution in [0.1, 0.15) is 6.42 Å². The fourth-order valence-electron chi connectivity index (χ4n) is 2.66. The van der Waals surface area contributed by atoms with Gasteiger partial charge in [-0.2, -0.15) is 11.8 Å². The van der Waals surface area contributed by atoms with Gasteiger partial charge in [-0.05, 0) is 42.5 Å². The topological polar surface area (TPSA) is 41.6 Å². The van der Waals surface area contributed by atoms with E-state index in [1.807, 2.05) is 23.9 Å². The molecule has 2 aromatic rings. The summed E-state index contributed by atoms with van der Waals surface area (Å²) in [6.45, 7) is 2.18. The van der Waals surface area contributed by atoms with Crippen molar-refractivity contribution in [3.63, 3.8) is 0 Å². The fraction of sp³-hybridized carbons (Fsp3) is 0.316. The number of nitrogens with zero attached hydrogens (tertiary/aromatic N) is 1. The Hall–Kier alpha value is -1.92. The summed E-state index contributed by atoms with van der Waals surface area (Å²) < 4.78 is 18.3. The van der Waals surface area contributed by atoms with Crippen LogP contribution in [0.2, 0.25) is 5.02 Å². The molecule has 1 N–H and O–H groups in total. The minimum absolute atomic E-state index is 0.162. The second-order valence-corrected chi connectivity index (χ2v) is 7.50. The van der Waals surface area contributed by atoms with Gasteiger partial charge in [-0.25, -0.2) is 4.39 Å². The second kappa shape index (κ2) is 9.14. The van der Waals surface area contributed by atoms with Crippen LogP contribution in [0.15, 0.2) is 42.5 Å². The van der Waals surface area contributed by atoms with Gasteiger partial charge in [0.25, 0.3) is 0 Å². The minimum atomic E-state index is -0.321. The molecule has 7 heteroatoms. The van der Waals surface area contributed by atoms with E-state index >= 15 is 0 Å². The third kappa shape index (κ3) is 5.29. The highest BCUT2D eigenvalue weighted by molar-refractivity contribution is 7.99. The fourth-order valence-corrected chi connectivity index (χ4v) is 3.86. The van der Waals surface area contributed by atoms with Crippen LogP contribution in [0.3, 0.4) is 0 Å². The van der Waals surface area contributed by atoms with E-state index in [1.165, 1.54) is 24.3 Å². The van der Waals surface area contributed by atoms with Crippen molar-refractivity contribution >= 4 is 40.6 Å². The van der Waals surface area contributed by atoms with Gasteiger partial charge in [0.15, 0.2) is 0 Å². The molecular weight excluding hydrogens is 375 g/mol. The van der Waals surface area contributed by atoms with Gasteiger partial charge in [-0.15, -0.1) is 0 Å². The van der Waals surface area contributed by atoms with Crippen LogP contribution in [-0.2, 0) is 4.79 Å². The van der Waals surface area contributed by atoms with Crippen molar-refractivity contribution in [1.29, 1.82) is 0 Å². The predicted octanol–water partition coefficient (Wildman–Crippen LogP) is 4.44. The average molecular weight is 395 g/mol. The smallest absolute Gasteiger partial charge is 0.227 e. The number of anilines is 2. The summed E-state index contributed by atoms with van der Waals surface area (Å²) >= 11 is 8.33. The highest BCUT2D eigenvalue weighted by Crippen LogP contribution is 2.30. The first kappa shape index (κ1) is 18.9. The maximum absolute atomic E-state index is 12.8. The summed E-state index contributed by atoms with van der Waals surface area (Å²) in [5, 5.41) is 3.46. The zero-order valence-corrected chi connectivity index (χ0v) is 15.8. The SMILES string of the molecule is O=C(CCOc1ccc(F)cc1)Nc1ccc(N2CCSCC2)c(Cl)c1. The number of benzene rings is 2. The number of hydrogen-bond donors (Lipinski definition) is 1. The number of ether oxygens (including phenoxy) is 1. The van der Waals surface area contributed by atoms with Gasteiger partial charge in [-0.1, -0.05) is 11.6 Å². The van der Waals surface area contributed by atoms with Gasteiger partial charge >= 0.3 is 0 Å². The molecule has 0 aromatic heterocycles. The van der Waals surface area contributed by atoms with Crippen molar-refractivity contribution in [1.82, 2.24) is 0 Å². The molecule has 1 aliphatic rings. The highest BCUT2D eigenvalue weighted by atomic mass is 35.5. The lowest BCUT2D eigenvalue weighted by atomic mass is 10.2. The van der Waals surface area contributed by atoms with E-state index in [2.05, 4.69) is 10.2 Å². The molecule has 2 aromatic carbocycles. The molecule has 4 nitrogen and oxygen atoms in total. The van der Waals surface area contributed by atoms with Gasteiger partial charge in [0.1, 0.15) is 11.6 Å². The molecule has 1 amide bonds. The first-order valence-corrected chi connectivity index (χ1v) is 9.95. The molecule has 0 aliphatic carbocycles. The Labute approximate surface area is 161 Å². The summed E-state index contributed by atoms with van der Waals surface area (Å²) in [6.07, 6.45) is 0.195. The maximum atomic E-state index is 12.8. The zero-order chi connectivity index (χ0) is 18.4. The maximum Gasteiger partial charge on any atom is 0.227 e. The van der Waals surface area contributed by atoms with Gasteiger partial charge in [0, 0.05) is 30.3 Å². The summed E-state index contributed by atoms with van der Waals surface area (Å²) in [6, 6.07) is 11.3. The van der Waals surface area contributed by atoms with E-state index in [4.69, 9.17) is 16.3 Å². The molecule has 0 unspecified atom stereocenters. The number of nitrogens with one attached hydrogen (secondary N) is 1. The molecule has 0 atom stereocenters. The number of thioether (sulfide) groups is 1. The van der Waals surface area contributed by atoms with E-state index in [0.29, 0.717) is 16.5 Å². The monoisotopic (exact) mass is 394 g/mol. The Kier molecular flexibility index (Phi) is 6.63. The normalized spacial score (nSPS) is 14.2. The summed E-state index contributed by atoms with van der Waals surface area (Å²) in [5.74, 6) is 2.25. The zero-order valence-electron chi connectivity index (χ0n) is 14.2. The van der Waals surface area contributed by atoms with Crippen molar-refractivity contribution in [2.24, 2.45) is 0 Å². The van der Waals surface area contributed by atoms with Crippen LogP contribution in [0.5, 0.6) is 5.75 Å². The number of amides is 1. The Balaban J connectivity index is 1.49. The quantitative estimate of drug-likeness (QED) is 0.786. The largest absolute Gasteiger partial charge is 0.493 e. The van der Waals surface area contributed by atoms with Crippen LogP contribution >= 0.6 is 23.4 Å². The first-order valence-electron chi connectivity index (χ1n) is 8.42. The van der Waals surface area contributed by atoms with Crippen molar-refractivity contribution < 1.29 is 13.9 Å². The van der Waals surface area contributed by atoms with Crippen molar-refractivity contribution in [3.8, 4) is 5.75 Å². The molecular formula is C19H20ClFN2O2S. The molecule has 1 heterocycles. The van der Waals surface area contributed by atoms with Crippen LogP contribution in [0, 0.1) is 5.82 Å². The lowest BCUT2D eigenvalue weighted by Gasteiger charge is -2.29. The molecule has 0 radical (unpaired) electrons. The number of carbonyl (C=O) groups excluding carboxylic acids is 1. The van der Waals surface area contributed by atoms with Crippen molar-refractivity contribution in [2.45, 2.75) is 6.42 Å². The highest BCUT2D eigenvalue weighted by Gasteiger charge is 2.14. The molecule has 0 bridgehead atoms. The number of rotatable bonds is 6. The number of carbonyl (C=O) groups is 1. The standard InChI is InChI=1S/C19H20ClFN2O2S/c20-17-13-15(3-6-18(17)23-8-11-26-12-9-23)22-19(24)7-10-25-16-4-1-14(21)2-5-16/h1-6,13H,7-12H2,(H,22,24). The summed E-state index contributed by atoms with van der Waals surface area (Å²) in [5.41, 5.74) is 1.67. The molecule has 1 aliphatic heterocycles. The minimum Gasteiger partial charge on any atom is -0.493 e. The Bertz CT molecular complexity index is 752. The van der Waals surface area contributed by atoms with Crippen molar-refractivity contribution in [3.05, 3.63) is 53.3 Å². The Morgan fingerprint density at radius 2 is 1.92 bits per heavy atom.